The maximum Gasteiger partial charge on any atom is 0.463 e. The molecule has 2 rings (SSSR count). The average molecular weight is 276 g/mol. The number of hydrogen-bond acceptors (Lipinski definition) is 3. The first-order chi connectivity index (χ1) is 9.16. The Morgan fingerprint density at radius 3 is 2.05 bits per heavy atom. The Bertz CT molecular complexity index is 468. The maximum atomic E-state index is 10.6. The summed E-state index contributed by atoms with van der Waals surface area (Å²) in [6, 6.07) is 7.89. The fourth-order valence-electron chi connectivity index (χ4n) is 2.45. The van der Waals surface area contributed by atoms with Crippen LogP contribution in [0.1, 0.15) is 51.8 Å². The SMILES string of the molecule is Cc1ccccc1C(O)C(C)B1OC(C)(C)C(C)(C)O1. The van der Waals surface area contributed by atoms with Crippen LogP contribution in [0.25, 0.3) is 0 Å². The molecule has 0 saturated carbocycles. The van der Waals surface area contributed by atoms with E-state index in [-0.39, 0.29) is 17.0 Å². The van der Waals surface area contributed by atoms with Crippen LogP contribution in [0.4, 0.5) is 0 Å². The minimum absolute atomic E-state index is 0.128. The molecule has 0 spiro atoms. The second-order valence-corrected chi connectivity index (χ2v) is 6.79. The van der Waals surface area contributed by atoms with Gasteiger partial charge < -0.3 is 14.4 Å². The number of hydrogen-bond donors (Lipinski definition) is 1. The van der Waals surface area contributed by atoms with Gasteiger partial charge in [0.2, 0.25) is 0 Å². The molecule has 1 aliphatic rings. The van der Waals surface area contributed by atoms with Gasteiger partial charge in [-0.05, 0) is 45.7 Å². The summed E-state index contributed by atoms with van der Waals surface area (Å²) in [5.74, 6) is -0.128. The summed E-state index contributed by atoms with van der Waals surface area (Å²) in [4.78, 5) is 0. The van der Waals surface area contributed by atoms with Gasteiger partial charge in [-0.2, -0.15) is 0 Å². The van der Waals surface area contributed by atoms with Gasteiger partial charge in [0.15, 0.2) is 0 Å². The zero-order chi connectivity index (χ0) is 15.1. The van der Waals surface area contributed by atoms with Crippen molar-refractivity contribution in [2.75, 3.05) is 0 Å². The first kappa shape index (κ1) is 15.6. The average Bonchev–Trinajstić information content (AvgIpc) is 2.57. The Morgan fingerprint density at radius 2 is 1.55 bits per heavy atom. The fraction of sp³-hybridized carbons (Fsp3) is 0.625. The Kier molecular flexibility index (Phi) is 4.02. The van der Waals surface area contributed by atoms with Crippen molar-refractivity contribution in [2.24, 2.45) is 0 Å². The van der Waals surface area contributed by atoms with E-state index >= 15 is 0 Å². The summed E-state index contributed by atoms with van der Waals surface area (Å²) in [5.41, 5.74) is 1.30. The largest absolute Gasteiger partial charge is 0.463 e. The molecule has 0 amide bonds. The molecule has 3 nitrogen and oxygen atoms in total. The Hall–Kier alpha value is -0.835. The monoisotopic (exact) mass is 276 g/mol. The molecular weight excluding hydrogens is 251 g/mol. The molecule has 2 unspecified atom stereocenters. The third kappa shape index (κ3) is 2.65. The summed E-state index contributed by atoms with van der Waals surface area (Å²) in [6.45, 7) is 12.1. The van der Waals surface area contributed by atoms with E-state index in [9.17, 15) is 5.11 Å². The van der Waals surface area contributed by atoms with Gasteiger partial charge in [-0.1, -0.05) is 31.2 Å². The number of benzene rings is 1. The van der Waals surface area contributed by atoms with Crippen LogP contribution in [0.3, 0.4) is 0 Å². The lowest BCUT2D eigenvalue weighted by molar-refractivity contribution is 0.00578. The van der Waals surface area contributed by atoms with Gasteiger partial charge in [0.1, 0.15) is 0 Å². The number of aliphatic hydroxyl groups is 1. The van der Waals surface area contributed by atoms with E-state index in [0.717, 1.165) is 11.1 Å². The van der Waals surface area contributed by atoms with Crippen LogP contribution in [0.2, 0.25) is 5.82 Å². The van der Waals surface area contributed by atoms with E-state index in [4.69, 9.17) is 9.31 Å². The molecule has 110 valence electrons. The molecule has 1 heterocycles. The molecule has 4 heteroatoms. The first-order valence-electron chi connectivity index (χ1n) is 7.25. The number of aryl methyl sites for hydroxylation is 1. The molecular formula is C16H25BO3. The van der Waals surface area contributed by atoms with Gasteiger partial charge >= 0.3 is 7.12 Å². The summed E-state index contributed by atoms with van der Waals surface area (Å²) in [7, 11) is -0.394. The predicted molar refractivity (Wildman–Crippen MR) is 81.6 cm³/mol. The molecule has 0 bridgehead atoms. The van der Waals surface area contributed by atoms with Gasteiger partial charge in [-0.15, -0.1) is 0 Å². The molecule has 1 aromatic carbocycles. The molecule has 1 fully saturated rings. The number of rotatable bonds is 3. The van der Waals surface area contributed by atoms with Gasteiger partial charge in [0.05, 0.1) is 17.3 Å². The van der Waals surface area contributed by atoms with E-state index in [2.05, 4.69) is 0 Å². The highest BCUT2D eigenvalue weighted by atomic mass is 16.7. The lowest BCUT2D eigenvalue weighted by Gasteiger charge is -2.32. The van der Waals surface area contributed by atoms with Crippen molar-refractivity contribution < 1.29 is 14.4 Å². The molecule has 1 saturated heterocycles. The second kappa shape index (κ2) is 5.17. The molecule has 1 N–H and O–H groups in total. The van der Waals surface area contributed by atoms with Crippen LogP contribution < -0.4 is 0 Å². The molecule has 2 atom stereocenters. The lowest BCUT2D eigenvalue weighted by atomic mass is 9.68. The molecule has 20 heavy (non-hydrogen) atoms. The smallest absolute Gasteiger partial charge is 0.403 e. The molecule has 0 aromatic heterocycles. The third-order valence-corrected chi connectivity index (χ3v) is 4.71. The van der Waals surface area contributed by atoms with E-state index < -0.39 is 13.2 Å². The zero-order valence-electron chi connectivity index (χ0n) is 13.3. The first-order valence-corrected chi connectivity index (χ1v) is 7.25. The van der Waals surface area contributed by atoms with Crippen molar-refractivity contribution in [1.29, 1.82) is 0 Å². The van der Waals surface area contributed by atoms with Gasteiger partial charge in [-0.25, -0.2) is 0 Å². The van der Waals surface area contributed by atoms with Crippen molar-refractivity contribution >= 4 is 7.12 Å². The molecule has 0 radical (unpaired) electrons. The van der Waals surface area contributed by atoms with Crippen molar-refractivity contribution in [3.63, 3.8) is 0 Å². The van der Waals surface area contributed by atoms with Crippen LogP contribution in [0, 0.1) is 6.92 Å². The van der Waals surface area contributed by atoms with Crippen LogP contribution in [0.15, 0.2) is 24.3 Å². The number of aliphatic hydroxyl groups excluding tert-OH is 1. The normalized spacial score (nSPS) is 23.6. The summed E-state index contributed by atoms with van der Waals surface area (Å²) in [5, 5.41) is 10.6. The van der Waals surface area contributed by atoms with Crippen molar-refractivity contribution in [3.05, 3.63) is 35.4 Å². The summed E-state index contributed by atoms with van der Waals surface area (Å²) < 4.78 is 12.1. The lowest BCUT2D eigenvalue weighted by Crippen LogP contribution is -2.41. The highest BCUT2D eigenvalue weighted by Gasteiger charge is 2.54. The zero-order valence-corrected chi connectivity index (χ0v) is 13.3. The van der Waals surface area contributed by atoms with Gasteiger partial charge in [-0.3, -0.25) is 0 Å². The molecule has 1 aliphatic heterocycles. The van der Waals surface area contributed by atoms with E-state index in [0.29, 0.717) is 0 Å². The van der Waals surface area contributed by atoms with Crippen LogP contribution in [-0.4, -0.2) is 23.4 Å². The predicted octanol–water partition coefficient (Wildman–Crippen LogP) is 3.51. The third-order valence-electron chi connectivity index (χ3n) is 4.71. The molecule has 1 aromatic rings. The van der Waals surface area contributed by atoms with Crippen molar-refractivity contribution in [1.82, 2.24) is 0 Å². The molecule has 0 aliphatic carbocycles. The highest BCUT2D eigenvalue weighted by molar-refractivity contribution is 6.47. The van der Waals surface area contributed by atoms with Crippen LogP contribution in [-0.2, 0) is 9.31 Å². The van der Waals surface area contributed by atoms with E-state index in [1.165, 1.54) is 0 Å². The van der Waals surface area contributed by atoms with Gasteiger partial charge in [0.25, 0.3) is 0 Å². The Labute approximate surface area is 122 Å². The summed E-state index contributed by atoms with van der Waals surface area (Å²) in [6.07, 6.45) is -0.592. The minimum Gasteiger partial charge on any atom is -0.403 e. The van der Waals surface area contributed by atoms with E-state index in [1.54, 1.807) is 0 Å². The Balaban J connectivity index is 2.17. The minimum atomic E-state index is -0.592. The van der Waals surface area contributed by atoms with Gasteiger partial charge in [0, 0.05) is 5.82 Å². The Morgan fingerprint density at radius 1 is 1.05 bits per heavy atom. The topological polar surface area (TPSA) is 38.7 Å². The standard InChI is InChI=1S/C16H25BO3/c1-11-9-7-8-10-13(11)14(18)12(2)17-19-15(3,4)16(5,6)20-17/h7-10,12,14,18H,1-6H3. The van der Waals surface area contributed by atoms with Crippen molar-refractivity contribution in [3.8, 4) is 0 Å². The van der Waals surface area contributed by atoms with Crippen LogP contribution in [0.5, 0.6) is 0 Å². The van der Waals surface area contributed by atoms with Crippen LogP contribution >= 0.6 is 0 Å². The quantitative estimate of drug-likeness (QED) is 0.858. The fourth-order valence-corrected chi connectivity index (χ4v) is 2.45. The summed E-state index contributed by atoms with van der Waals surface area (Å²) >= 11 is 0. The van der Waals surface area contributed by atoms with E-state index in [1.807, 2.05) is 65.8 Å². The van der Waals surface area contributed by atoms with Crippen molar-refractivity contribution in [2.45, 2.75) is 64.7 Å². The maximum absolute atomic E-state index is 10.6. The highest BCUT2D eigenvalue weighted by Crippen LogP contribution is 2.43. The second-order valence-electron chi connectivity index (χ2n) is 6.79.